The number of carboxylic acids is 1. The number of aliphatic carboxylic acids is 1. The van der Waals surface area contributed by atoms with Gasteiger partial charge in [0.1, 0.15) is 5.54 Å². The van der Waals surface area contributed by atoms with Crippen LogP contribution >= 0.6 is 0 Å². The number of carbonyl (C=O) groups is 1. The Labute approximate surface area is 104 Å². The monoisotopic (exact) mass is 243 g/mol. The Kier molecular flexibility index (Phi) is 4.55. The molecule has 1 heterocycles. The quantitative estimate of drug-likeness (QED) is 0.820. The summed E-state index contributed by atoms with van der Waals surface area (Å²) in [6.07, 6.45) is 0.871. The number of carboxylic acid groups (broad SMARTS) is 1. The first kappa shape index (κ1) is 14.5. The molecule has 1 aliphatic rings. The van der Waals surface area contributed by atoms with E-state index in [0.717, 1.165) is 0 Å². The molecule has 3 atom stereocenters. The van der Waals surface area contributed by atoms with Crippen molar-refractivity contribution in [2.75, 3.05) is 13.1 Å². The van der Waals surface area contributed by atoms with Crippen LogP contribution < -0.4 is 0 Å². The van der Waals surface area contributed by atoms with Crippen LogP contribution in [0.1, 0.15) is 41.0 Å². The van der Waals surface area contributed by atoms with E-state index in [1.165, 1.54) is 0 Å². The van der Waals surface area contributed by atoms with E-state index >= 15 is 0 Å². The van der Waals surface area contributed by atoms with Gasteiger partial charge in [0.2, 0.25) is 0 Å². The van der Waals surface area contributed by atoms with Crippen LogP contribution in [0.15, 0.2) is 0 Å². The summed E-state index contributed by atoms with van der Waals surface area (Å²) in [5, 5.41) is 9.52. The highest BCUT2D eigenvalue weighted by Gasteiger charge is 2.42. The van der Waals surface area contributed by atoms with Crippen LogP contribution in [0.5, 0.6) is 0 Å². The zero-order chi connectivity index (χ0) is 13.2. The van der Waals surface area contributed by atoms with Crippen molar-refractivity contribution in [1.82, 2.24) is 4.90 Å². The Morgan fingerprint density at radius 1 is 1.41 bits per heavy atom. The predicted octanol–water partition coefficient (Wildman–Crippen LogP) is 1.98. The molecule has 100 valence electrons. The molecular formula is C13H25NO3. The van der Waals surface area contributed by atoms with Crippen LogP contribution in [-0.2, 0) is 9.53 Å². The standard InChI is InChI=1S/C13H25NO3/c1-9(2)6-13(5,12(15)16)14-7-10(3)17-11(4)8-14/h9-11H,6-8H2,1-5H3,(H,15,16). The van der Waals surface area contributed by atoms with Crippen molar-refractivity contribution >= 4 is 5.97 Å². The van der Waals surface area contributed by atoms with Crippen LogP contribution in [0.25, 0.3) is 0 Å². The fraction of sp³-hybridized carbons (Fsp3) is 0.923. The van der Waals surface area contributed by atoms with Gasteiger partial charge in [-0.2, -0.15) is 0 Å². The molecule has 17 heavy (non-hydrogen) atoms. The van der Waals surface area contributed by atoms with E-state index in [0.29, 0.717) is 25.4 Å². The summed E-state index contributed by atoms with van der Waals surface area (Å²) in [5.41, 5.74) is -0.777. The molecule has 1 N–H and O–H groups in total. The third kappa shape index (κ3) is 3.42. The number of hydrogen-bond donors (Lipinski definition) is 1. The largest absolute Gasteiger partial charge is 0.480 e. The van der Waals surface area contributed by atoms with Crippen LogP contribution in [0.4, 0.5) is 0 Å². The van der Waals surface area contributed by atoms with Crippen molar-refractivity contribution in [2.24, 2.45) is 5.92 Å². The Balaban J connectivity index is 2.86. The maximum absolute atomic E-state index is 11.6. The number of morpholine rings is 1. The fourth-order valence-electron chi connectivity index (χ4n) is 2.73. The first-order valence-corrected chi connectivity index (χ1v) is 6.39. The molecule has 3 unspecified atom stereocenters. The molecule has 1 saturated heterocycles. The van der Waals surface area contributed by atoms with E-state index in [9.17, 15) is 9.90 Å². The minimum absolute atomic E-state index is 0.101. The summed E-state index contributed by atoms with van der Waals surface area (Å²) in [6.45, 7) is 11.4. The van der Waals surface area contributed by atoms with Gasteiger partial charge in [0.25, 0.3) is 0 Å². The van der Waals surface area contributed by atoms with Gasteiger partial charge in [0.15, 0.2) is 0 Å². The first-order valence-electron chi connectivity index (χ1n) is 6.39. The highest BCUT2D eigenvalue weighted by Crippen LogP contribution is 2.28. The maximum atomic E-state index is 11.6. The molecule has 0 aromatic carbocycles. The van der Waals surface area contributed by atoms with E-state index < -0.39 is 11.5 Å². The van der Waals surface area contributed by atoms with Crippen LogP contribution in [0.2, 0.25) is 0 Å². The van der Waals surface area contributed by atoms with Gasteiger partial charge < -0.3 is 9.84 Å². The predicted molar refractivity (Wildman–Crippen MR) is 67.1 cm³/mol. The molecule has 1 rings (SSSR count). The van der Waals surface area contributed by atoms with Crippen molar-refractivity contribution in [1.29, 1.82) is 0 Å². The Bertz CT molecular complexity index is 270. The number of hydrogen-bond acceptors (Lipinski definition) is 3. The average molecular weight is 243 g/mol. The summed E-state index contributed by atoms with van der Waals surface area (Å²) < 4.78 is 5.66. The lowest BCUT2D eigenvalue weighted by Crippen LogP contribution is -2.60. The van der Waals surface area contributed by atoms with Gasteiger partial charge in [-0.25, -0.2) is 0 Å². The van der Waals surface area contributed by atoms with E-state index in [-0.39, 0.29) is 12.2 Å². The summed E-state index contributed by atoms with van der Waals surface area (Å²) in [4.78, 5) is 13.7. The van der Waals surface area contributed by atoms with Crippen LogP contribution in [0.3, 0.4) is 0 Å². The second kappa shape index (κ2) is 5.36. The van der Waals surface area contributed by atoms with E-state index in [2.05, 4.69) is 18.7 Å². The lowest BCUT2D eigenvalue weighted by molar-refractivity contribution is -0.161. The molecule has 0 aliphatic carbocycles. The molecule has 0 radical (unpaired) electrons. The Morgan fingerprint density at radius 2 is 1.88 bits per heavy atom. The first-order chi connectivity index (χ1) is 7.75. The van der Waals surface area contributed by atoms with Gasteiger partial charge in [0, 0.05) is 13.1 Å². The molecular weight excluding hydrogens is 218 g/mol. The highest BCUT2D eigenvalue weighted by molar-refractivity contribution is 5.78. The lowest BCUT2D eigenvalue weighted by Gasteiger charge is -2.45. The zero-order valence-corrected chi connectivity index (χ0v) is 11.6. The van der Waals surface area contributed by atoms with Gasteiger partial charge >= 0.3 is 5.97 Å². The zero-order valence-electron chi connectivity index (χ0n) is 11.6. The molecule has 1 aliphatic heterocycles. The Morgan fingerprint density at radius 3 is 2.24 bits per heavy atom. The van der Waals surface area contributed by atoms with Gasteiger partial charge in [-0.15, -0.1) is 0 Å². The third-order valence-corrected chi connectivity index (χ3v) is 3.38. The molecule has 0 aromatic rings. The number of rotatable bonds is 4. The topological polar surface area (TPSA) is 49.8 Å². The Hall–Kier alpha value is -0.610. The minimum Gasteiger partial charge on any atom is -0.480 e. The molecule has 1 fully saturated rings. The molecule has 4 nitrogen and oxygen atoms in total. The van der Waals surface area contributed by atoms with Crippen molar-refractivity contribution in [3.05, 3.63) is 0 Å². The van der Waals surface area contributed by atoms with E-state index in [1.54, 1.807) is 0 Å². The van der Waals surface area contributed by atoms with E-state index in [1.807, 2.05) is 20.8 Å². The smallest absolute Gasteiger partial charge is 0.323 e. The van der Waals surface area contributed by atoms with Crippen molar-refractivity contribution in [2.45, 2.75) is 58.8 Å². The molecule has 0 bridgehead atoms. The van der Waals surface area contributed by atoms with Crippen molar-refractivity contribution in [3.8, 4) is 0 Å². The molecule has 0 amide bonds. The van der Waals surface area contributed by atoms with Gasteiger partial charge in [-0.05, 0) is 33.1 Å². The SMILES string of the molecule is CC(C)CC(C)(C(=O)O)N1CC(C)OC(C)C1. The molecule has 0 aromatic heterocycles. The molecule has 0 saturated carbocycles. The summed E-state index contributed by atoms with van der Waals surface area (Å²) in [6, 6.07) is 0. The second-order valence-corrected chi connectivity index (χ2v) is 5.84. The summed E-state index contributed by atoms with van der Waals surface area (Å²) >= 11 is 0. The van der Waals surface area contributed by atoms with Crippen LogP contribution in [0, 0.1) is 5.92 Å². The molecule has 4 heteroatoms. The second-order valence-electron chi connectivity index (χ2n) is 5.84. The number of nitrogens with zero attached hydrogens (tertiary/aromatic N) is 1. The normalized spacial score (nSPS) is 30.2. The van der Waals surface area contributed by atoms with E-state index in [4.69, 9.17) is 4.74 Å². The van der Waals surface area contributed by atoms with Crippen LogP contribution in [-0.4, -0.2) is 46.8 Å². The van der Waals surface area contributed by atoms with Crippen molar-refractivity contribution in [3.63, 3.8) is 0 Å². The average Bonchev–Trinajstić information content (AvgIpc) is 2.14. The van der Waals surface area contributed by atoms with Gasteiger partial charge in [-0.3, -0.25) is 9.69 Å². The highest BCUT2D eigenvalue weighted by atomic mass is 16.5. The third-order valence-electron chi connectivity index (χ3n) is 3.38. The molecule has 0 spiro atoms. The summed E-state index contributed by atoms with van der Waals surface area (Å²) in [7, 11) is 0. The number of ether oxygens (including phenoxy) is 1. The fourth-order valence-corrected chi connectivity index (χ4v) is 2.73. The summed E-state index contributed by atoms with van der Waals surface area (Å²) in [5.74, 6) is -0.364. The minimum atomic E-state index is -0.777. The van der Waals surface area contributed by atoms with Gasteiger partial charge in [-0.1, -0.05) is 13.8 Å². The van der Waals surface area contributed by atoms with Crippen molar-refractivity contribution < 1.29 is 14.6 Å². The maximum Gasteiger partial charge on any atom is 0.323 e. The van der Waals surface area contributed by atoms with Gasteiger partial charge in [0.05, 0.1) is 12.2 Å². The lowest BCUT2D eigenvalue weighted by atomic mass is 9.88.